The molecule has 0 aliphatic heterocycles. The fourth-order valence-electron chi connectivity index (χ4n) is 1.57. The van der Waals surface area contributed by atoms with Gasteiger partial charge in [0.15, 0.2) is 0 Å². The van der Waals surface area contributed by atoms with Gasteiger partial charge in [-0.2, -0.15) is 0 Å². The maximum Gasteiger partial charge on any atom is 0.341 e. The summed E-state index contributed by atoms with van der Waals surface area (Å²) in [5.74, 6) is -1.53. The molecule has 1 aromatic heterocycles. The number of aromatic nitrogens is 1. The highest BCUT2D eigenvalue weighted by atomic mass is 79.9. The highest BCUT2D eigenvalue weighted by Gasteiger charge is 2.16. The molecule has 0 radical (unpaired) electrons. The van der Waals surface area contributed by atoms with Crippen LogP contribution < -0.4 is 4.74 Å². The van der Waals surface area contributed by atoms with Gasteiger partial charge in [0.25, 0.3) is 0 Å². The second kappa shape index (κ2) is 5.36. The Bertz CT molecular complexity index is 626. The lowest BCUT2D eigenvalue weighted by Gasteiger charge is -2.09. The molecule has 98 valence electrons. The van der Waals surface area contributed by atoms with Crippen LogP contribution in [0.2, 0.25) is 0 Å². The molecular formula is C13H9BrFNO3. The van der Waals surface area contributed by atoms with Crippen molar-refractivity contribution in [2.75, 3.05) is 0 Å². The smallest absolute Gasteiger partial charge is 0.341 e. The van der Waals surface area contributed by atoms with Gasteiger partial charge in [-0.1, -0.05) is 15.9 Å². The summed E-state index contributed by atoms with van der Waals surface area (Å²) in [4.78, 5) is 15.0. The zero-order valence-electron chi connectivity index (χ0n) is 9.85. The molecule has 4 nitrogen and oxygen atoms in total. The van der Waals surface area contributed by atoms with E-state index < -0.39 is 11.8 Å². The fourth-order valence-corrected chi connectivity index (χ4v) is 2.01. The van der Waals surface area contributed by atoms with E-state index in [9.17, 15) is 9.18 Å². The van der Waals surface area contributed by atoms with Crippen LogP contribution in [0.1, 0.15) is 15.9 Å². The summed E-state index contributed by atoms with van der Waals surface area (Å²) >= 11 is 3.13. The van der Waals surface area contributed by atoms with Crippen molar-refractivity contribution < 1.29 is 19.0 Å². The van der Waals surface area contributed by atoms with Crippen LogP contribution >= 0.6 is 15.9 Å². The van der Waals surface area contributed by atoms with Gasteiger partial charge in [0.1, 0.15) is 17.1 Å². The van der Waals surface area contributed by atoms with Crippen molar-refractivity contribution >= 4 is 21.9 Å². The maximum atomic E-state index is 13.2. The summed E-state index contributed by atoms with van der Waals surface area (Å²) < 4.78 is 19.1. The van der Waals surface area contributed by atoms with Gasteiger partial charge in [-0.05, 0) is 30.7 Å². The Morgan fingerprint density at radius 3 is 2.79 bits per heavy atom. The van der Waals surface area contributed by atoms with Gasteiger partial charge in [0.05, 0.1) is 0 Å². The van der Waals surface area contributed by atoms with Crippen LogP contribution in [0.4, 0.5) is 4.39 Å². The first kappa shape index (κ1) is 13.5. The lowest BCUT2D eigenvalue weighted by Crippen LogP contribution is -2.04. The van der Waals surface area contributed by atoms with E-state index in [1.54, 1.807) is 13.0 Å². The number of carboxylic acid groups (broad SMARTS) is 1. The van der Waals surface area contributed by atoms with Crippen molar-refractivity contribution in [3.63, 3.8) is 0 Å². The molecule has 0 bridgehead atoms. The van der Waals surface area contributed by atoms with E-state index in [1.165, 1.54) is 18.3 Å². The largest absolute Gasteiger partial charge is 0.477 e. The van der Waals surface area contributed by atoms with Crippen molar-refractivity contribution in [3.05, 3.63) is 51.9 Å². The number of benzene rings is 1. The average Bonchev–Trinajstić information content (AvgIpc) is 2.26. The van der Waals surface area contributed by atoms with Gasteiger partial charge >= 0.3 is 5.97 Å². The minimum Gasteiger partial charge on any atom is -0.477 e. The molecule has 2 rings (SSSR count). The third kappa shape index (κ3) is 3.08. The van der Waals surface area contributed by atoms with E-state index in [0.29, 0.717) is 10.0 Å². The van der Waals surface area contributed by atoms with E-state index in [2.05, 4.69) is 20.9 Å². The first-order chi connectivity index (χ1) is 8.97. The Morgan fingerprint density at radius 1 is 1.42 bits per heavy atom. The molecule has 2 aromatic rings. The quantitative estimate of drug-likeness (QED) is 0.932. The number of hydrogen-bond acceptors (Lipinski definition) is 3. The summed E-state index contributed by atoms with van der Waals surface area (Å²) in [6.45, 7) is 1.64. The number of hydrogen-bond donors (Lipinski definition) is 1. The molecule has 0 saturated heterocycles. The number of pyridine rings is 1. The zero-order chi connectivity index (χ0) is 14.0. The van der Waals surface area contributed by atoms with Crippen LogP contribution in [0.15, 0.2) is 34.9 Å². The standard InChI is InChI=1S/C13H9BrFNO3/c1-7-2-3-16-12(11(7)13(17)18)19-10-5-8(14)4-9(15)6-10/h2-6H,1H3,(H,17,18). The number of halogens is 2. The van der Waals surface area contributed by atoms with Crippen molar-refractivity contribution in [1.82, 2.24) is 4.98 Å². The Morgan fingerprint density at radius 2 is 2.16 bits per heavy atom. The van der Waals surface area contributed by atoms with Crippen molar-refractivity contribution in [2.24, 2.45) is 0 Å². The molecule has 1 N–H and O–H groups in total. The second-order valence-corrected chi connectivity index (χ2v) is 4.74. The monoisotopic (exact) mass is 325 g/mol. The highest BCUT2D eigenvalue weighted by molar-refractivity contribution is 9.10. The molecule has 0 aliphatic carbocycles. The molecule has 1 heterocycles. The van der Waals surface area contributed by atoms with E-state index in [0.717, 1.165) is 6.07 Å². The van der Waals surface area contributed by atoms with Crippen LogP contribution in [0.5, 0.6) is 11.6 Å². The van der Waals surface area contributed by atoms with E-state index in [-0.39, 0.29) is 17.2 Å². The van der Waals surface area contributed by atoms with Gasteiger partial charge in [-0.3, -0.25) is 0 Å². The molecule has 0 amide bonds. The minimum atomic E-state index is -1.14. The van der Waals surface area contributed by atoms with Crippen LogP contribution in [-0.2, 0) is 0 Å². The van der Waals surface area contributed by atoms with Crippen molar-refractivity contribution in [3.8, 4) is 11.6 Å². The SMILES string of the molecule is Cc1ccnc(Oc2cc(F)cc(Br)c2)c1C(=O)O. The van der Waals surface area contributed by atoms with Crippen LogP contribution in [0, 0.1) is 12.7 Å². The molecule has 0 saturated carbocycles. The number of carboxylic acids is 1. The Labute approximate surface area is 117 Å². The third-order valence-corrected chi connectivity index (χ3v) is 2.85. The molecule has 0 fully saturated rings. The topological polar surface area (TPSA) is 59.4 Å². The molecule has 0 atom stereocenters. The van der Waals surface area contributed by atoms with Gasteiger partial charge < -0.3 is 9.84 Å². The summed E-state index contributed by atoms with van der Waals surface area (Å²) in [6.07, 6.45) is 1.44. The number of aromatic carboxylic acids is 1. The number of nitrogens with zero attached hydrogens (tertiary/aromatic N) is 1. The van der Waals surface area contributed by atoms with Gasteiger partial charge in [-0.25, -0.2) is 14.2 Å². The molecule has 0 unspecified atom stereocenters. The van der Waals surface area contributed by atoms with Gasteiger partial charge in [-0.15, -0.1) is 0 Å². The van der Waals surface area contributed by atoms with E-state index >= 15 is 0 Å². The first-order valence-electron chi connectivity index (χ1n) is 5.30. The highest BCUT2D eigenvalue weighted by Crippen LogP contribution is 2.28. The van der Waals surface area contributed by atoms with Crippen LogP contribution in [0.25, 0.3) is 0 Å². The molecular weight excluding hydrogens is 317 g/mol. The molecule has 0 spiro atoms. The van der Waals surface area contributed by atoms with Gasteiger partial charge in [0.2, 0.25) is 5.88 Å². The predicted molar refractivity (Wildman–Crippen MR) is 70.1 cm³/mol. The number of rotatable bonds is 3. The number of carbonyl (C=O) groups is 1. The normalized spacial score (nSPS) is 10.3. The summed E-state index contributed by atoms with van der Waals surface area (Å²) in [6, 6.07) is 5.52. The average molecular weight is 326 g/mol. The lowest BCUT2D eigenvalue weighted by atomic mass is 10.1. The first-order valence-corrected chi connectivity index (χ1v) is 6.09. The fraction of sp³-hybridized carbons (Fsp3) is 0.0769. The summed E-state index contributed by atoms with van der Waals surface area (Å²) in [5.41, 5.74) is 0.482. The zero-order valence-corrected chi connectivity index (χ0v) is 11.4. The van der Waals surface area contributed by atoms with Crippen molar-refractivity contribution in [1.29, 1.82) is 0 Å². The summed E-state index contributed by atoms with van der Waals surface area (Å²) in [5, 5.41) is 9.13. The van der Waals surface area contributed by atoms with Gasteiger partial charge in [0, 0.05) is 16.7 Å². The van der Waals surface area contributed by atoms with Crippen LogP contribution in [-0.4, -0.2) is 16.1 Å². The molecule has 19 heavy (non-hydrogen) atoms. The third-order valence-electron chi connectivity index (χ3n) is 2.39. The van der Waals surface area contributed by atoms with Crippen LogP contribution in [0.3, 0.4) is 0 Å². The maximum absolute atomic E-state index is 13.2. The number of aryl methyl sites for hydroxylation is 1. The Balaban J connectivity index is 2.43. The molecule has 0 aliphatic rings. The number of ether oxygens (including phenoxy) is 1. The minimum absolute atomic E-state index is 0.0390. The molecule has 1 aromatic carbocycles. The second-order valence-electron chi connectivity index (χ2n) is 3.82. The lowest BCUT2D eigenvalue weighted by molar-refractivity contribution is 0.0692. The summed E-state index contributed by atoms with van der Waals surface area (Å²) in [7, 11) is 0. The Hall–Kier alpha value is -1.95. The van der Waals surface area contributed by atoms with E-state index in [1.807, 2.05) is 0 Å². The predicted octanol–water partition coefficient (Wildman–Crippen LogP) is 3.78. The Kier molecular flexibility index (Phi) is 3.80. The van der Waals surface area contributed by atoms with E-state index in [4.69, 9.17) is 9.84 Å². The molecule has 6 heteroatoms. The van der Waals surface area contributed by atoms with Crippen molar-refractivity contribution in [2.45, 2.75) is 6.92 Å².